The lowest BCUT2D eigenvalue weighted by atomic mass is 10.1. The number of aromatic hydroxyl groups is 2. The summed E-state index contributed by atoms with van der Waals surface area (Å²) < 4.78 is 13.7. The highest BCUT2D eigenvalue weighted by molar-refractivity contribution is 7.13. The summed E-state index contributed by atoms with van der Waals surface area (Å²) in [6.07, 6.45) is 1.31. The lowest BCUT2D eigenvalue weighted by Gasteiger charge is -2.02. The van der Waals surface area contributed by atoms with E-state index in [4.69, 9.17) is 0 Å². The van der Waals surface area contributed by atoms with Crippen molar-refractivity contribution in [2.24, 2.45) is 0 Å². The first-order valence-electron chi connectivity index (χ1n) is 6.24. The van der Waals surface area contributed by atoms with Gasteiger partial charge < -0.3 is 10.2 Å². The molecule has 0 saturated heterocycles. The first-order valence-corrected chi connectivity index (χ1v) is 7.12. The summed E-state index contributed by atoms with van der Waals surface area (Å²) in [4.78, 5) is 17.8. The van der Waals surface area contributed by atoms with E-state index in [1.807, 2.05) is 0 Å². The highest BCUT2D eigenvalue weighted by Gasteiger charge is 2.21. The molecule has 0 saturated carbocycles. The minimum absolute atomic E-state index is 0.209. The van der Waals surface area contributed by atoms with Crippen LogP contribution < -0.4 is 0 Å². The number of halogens is 1. The van der Waals surface area contributed by atoms with E-state index in [0.29, 0.717) is 10.7 Å². The van der Waals surface area contributed by atoms with Gasteiger partial charge in [0, 0.05) is 23.2 Å². The van der Waals surface area contributed by atoms with Gasteiger partial charge in [0.05, 0.1) is 16.2 Å². The number of hydrogen-bond donors (Lipinski definition) is 2. The Morgan fingerprint density at radius 2 is 2.09 bits per heavy atom. The standard InChI is InChI=1S/C14H8FN3O4S/c15-13-8(2-1-3-16-13)14-17-9(6-23-14)7-4-10(18(21)22)12(20)11(19)5-7/h1-6,19-20H. The van der Waals surface area contributed by atoms with Crippen LogP contribution in [-0.2, 0) is 0 Å². The molecule has 2 heterocycles. The number of aromatic nitrogens is 2. The van der Waals surface area contributed by atoms with Crippen molar-refractivity contribution in [3.63, 3.8) is 0 Å². The molecule has 0 aliphatic carbocycles. The van der Waals surface area contributed by atoms with Crippen LogP contribution in [0.15, 0.2) is 35.8 Å². The van der Waals surface area contributed by atoms with Crippen molar-refractivity contribution >= 4 is 17.0 Å². The first-order chi connectivity index (χ1) is 11.0. The van der Waals surface area contributed by atoms with Gasteiger partial charge in [-0.25, -0.2) is 9.97 Å². The van der Waals surface area contributed by atoms with E-state index in [2.05, 4.69) is 9.97 Å². The lowest BCUT2D eigenvalue weighted by molar-refractivity contribution is -0.385. The highest BCUT2D eigenvalue weighted by atomic mass is 32.1. The van der Waals surface area contributed by atoms with E-state index in [1.165, 1.54) is 12.3 Å². The maximum atomic E-state index is 13.7. The average molecular weight is 333 g/mol. The normalized spacial score (nSPS) is 10.7. The second-order valence-corrected chi connectivity index (χ2v) is 5.36. The molecule has 0 radical (unpaired) electrons. The van der Waals surface area contributed by atoms with Gasteiger partial charge in [0.1, 0.15) is 5.01 Å². The van der Waals surface area contributed by atoms with Crippen LogP contribution in [-0.4, -0.2) is 25.1 Å². The maximum absolute atomic E-state index is 13.7. The second kappa shape index (κ2) is 5.61. The van der Waals surface area contributed by atoms with Crippen molar-refractivity contribution in [2.45, 2.75) is 0 Å². The summed E-state index contributed by atoms with van der Waals surface area (Å²) >= 11 is 1.13. The molecule has 0 spiro atoms. The van der Waals surface area contributed by atoms with Crippen LogP contribution in [0.25, 0.3) is 21.8 Å². The molecule has 0 bridgehead atoms. The Balaban J connectivity index is 2.08. The van der Waals surface area contributed by atoms with Crippen LogP contribution in [0.2, 0.25) is 0 Å². The molecular formula is C14H8FN3O4S. The molecule has 0 unspecified atom stereocenters. The molecule has 9 heteroatoms. The maximum Gasteiger partial charge on any atom is 0.315 e. The van der Waals surface area contributed by atoms with Gasteiger partial charge in [0.25, 0.3) is 0 Å². The quantitative estimate of drug-likeness (QED) is 0.329. The smallest absolute Gasteiger partial charge is 0.315 e. The van der Waals surface area contributed by atoms with E-state index in [1.54, 1.807) is 11.4 Å². The summed E-state index contributed by atoms with van der Waals surface area (Å²) in [6, 6.07) is 5.33. The lowest BCUT2D eigenvalue weighted by Crippen LogP contribution is -1.91. The van der Waals surface area contributed by atoms with Crippen LogP contribution >= 0.6 is 11.3 Å². The number of pyridine rings is 1. The summed E-state index contributed by atoms with van der Waals surface area (Å²) in [7, 11) is 0. The van der Waals surface area contributed by atoms with E-state index in [-0.39, 0.29) is 11.1 Å². The van der Waals surface area contributed by atoms with Crippen molar-refractivity contribution in [3.8, 4) is 33.3 Å². The minimum atomic E-state index is -0.813. The monoisotopic (exact) mass is 333 g/mol. The predicted octanol–water partition coefficient (Wildman–Crippen LogP) is 3.33. The Morgan fingerprint density at radius 1 is 1.30 bits per heavy atom. The second-order valence-electron chi connectivity index (χ2n) is 4.50. The third-order valence-electron chi connectivity index (χ3n) is 3.06. The number of benzene rings is 1. The topological polar surface area (TPSA) is 109 Å². The van der Waals surface area contributed by atoms with E-state index in [0.717, 1.165) is 23.5 Å². The van der Waals surface area contributed by atoms with Crippen molar-refractivity contribution in [3.05, 3.63) is 51.9 Å². The zero-order valence-electron chi connectivity index (χ0n) is 11.3. The van der Waals surface area contributed by atoms with Crippen LogP contribution in [0.5, 0.6) is 11.5 Å². The molecule has 0 amide bonds. The fraction of sp³-hybridized carbons (Fsp3) is 0. The van der Waals surface area contributed by atoms with Crippen LogP contribution in [0.4, 0.5) is 10.1 Å². The van der Waals surface area contributed by atoms with Gasteiger partial charge in [-0.3, -0.25) is 10.1 Å². The molecule has 23 heavy (non-hydrogen) atoms. The number of nitro benzene ring substituents is 1. The molecule has 0 aliphatic heterocycles. The third kappa shape index (κ3) is 2.69. The molecule has 0 fully saturated rings. The Bertz CT molecular complexity index is 913. The van der Waals surface area contributed by atoms with Crippen LogP contribution in [0.1, 0.15) is 0 Å². The molecule has 2 aromatic heterocycles. The number of rotatable bonds is 3. The van der Waals surface area contributed by atoms with Crippen molar-refractivity contribution in [2.75, 3.05) is 0 Å². The Morgan fingerprint density at radius 3 is 2.78 bits per heavy atom. The Kier molecular flexibility index (Phi) is 3.62. The largest absolute Gasteiger partial charge is 0.504 e. The average Bonchev–Trinajstić information content (AvgIpc) is 2.99. The van der Waals surface area contributed by atoms with E-state index in [9.17, 15) is 24.7 Å². The molecule has 7 nitrogen and oxygen atoms in total. The number of nitro groups is 1. The van der Waals surface area contributed by atoms with Gasteiger partial charge in [0.2, 0.25) is 11.7 Å². The molecule has 0 aliphatic rings. The molecule has 0 atom stereocenters. The number of phenols is 2. The Hall–Kier alpha value is -3.07. The summed E-state index contributed by atoms with van der Waals surface area (Å²) in [5.41, 5.74) is 0.119. The molecule has 116 valence electrons. The van der Waals surface area contributed by atoms with Gasteiger partial charge in [0.15, 0.2) is 5.75 Å². The number of nitrogens with zero attached hydrogens (tertiary/aromatic N) is 3. The summed E-state index contributed by atoms with van der Waals surface area (Å²) in [5.74, 6) is -2.11. The van der Waals surface area contributed by atoms with Crippen LogP contribution in [0, 0.1) is 16.1 Å². The van der Waals surface area contributed by atoms with E-state index < -0.39 is 28.1 Å². The molecule has 3 aromatic rings. The van der Waals surface area contributed by atoms with E-state index >= 15 is 0 Å². The number of phenolic OH excluding ortho intramolecular Hbond substituents is 2. The zero-order valence-corrected chi connectivity index (χ0v) is 12.1. The van der Waals surface area contributed by atoms with Gasteiger partial charge in [-0.15, -0.1) is 11.3 Å². The van der Waals surface area contributed by atoms with Gasteiger partial charge in [-0.05, 0) is 18.2 Å². The fourth-order valence-corrected chi connectivity index (χ4v) is 2.81. The molecule has 3 rings (SSSR count). The molecule has 2 N–H and O–H groups in total. The number of hydrogen-bond acceptors (Lipinski definition) is 7. The highest BCUT2D eigenvalue weighted by Crippen LogP contribution is 2.40. The van der Waals surface area contributed by atoms with Gasteiger partial charge in [-0.1, -0.05) is 0 Å². The summed E-state index contributed by atoms with van der Waals surface area (Å²) in [5, 5.41) is 31.9. The zero-order chi connectivity index (χ0) is 16.6. The van der Waals surface area contributed by atoms with Crippen molar-refractivity contribution in [1.29, 1.82) is 0 Å². The first kappa shape index (κ1) is 14.9. The van der Waals surface area contributed by atoms with Crippen molar-refractivity contribution < 1.29 is 19.5 Å². The van der Waals surface area contributed by atoms with Gasteiger partial charge >= 0.3 is 5.69 Å². The van der Waals surface area contributed by atoms with Gasteiger partial charge in [-0.2, -0.15) is 4.39 Å². The SMILES string of the molecule is O=[N+]([O-])c1cc(-c2csc(-c3cccnc3F)n2)cc(O)c1O. The Labute approximate surface area is 132 Å². The predicted molar refractivity (Wildman–Crippen MR) is 80.7 cm³/mol. The summed E-state index contributed by atoms with van der Waals surface area (Å²) in [6.45, 7) is 0. The molecule has 1 aromatic carbocycles. The number of thiazole rings is 1. The van der Waals surface area contributed by atoms with Crippen LogP contribution in [0.3, 0.4) is 0 Å². The third-order valence-corrected chi connectivity index (χ3v) is 3.93. The fourth-order valence-electron chi connectivity index (χ4n) is 1.97. The minimum Gasteiger partial charge on any atom is -0.504 e. The molecular weight excluding hydrogens is 325 g/mol. The van der Waals surface area contributed by atoms with Crippen molar-refractivity contribution in [1.82, 2.24) is 9.97 Å².